The fourth-order valence-corrected chi connectivity index (χ4v) is 3.71. The maximum atomic E-state index is 6.23. The third-order valence-corrected chi connectivity index (χ3v) is 4.36. The molecule has 3 aromatic carbocycles. The van der Waals surface area contributed by atoms with Crippen LogP contribution < -0.4 is 0 Å². The first-order chi connectivity index (χ1) is 10.2. The summed E-state index contributed by atoms with van der Waals surface area (Å²) in [6, 6.07) is 22.9. The topological polar surface area (TPSA) is 4.93 Å². The summed E-state index contributed by atoms with van der Waals surface area (Å²) >= 11 is 9.75. The van der Waals surface area contributed by atoms with E-state index in [4.69, 9.17) is 11.6 Å². The van der Waals surface area contributed by atoms with Gasteiger partial charge in [-0.15, -0.1) is 0 Å². The summed E-state index contributed by atoms with van der Waals surface area (Å²) in [5, 5.41) is 3.23. The van der Waals surface area contributed by atoms with E-state index in [0.29, 0.717) is 0 Å². The maximum Gasteiger partial charge on any atom is 0.0541 e. The van der Waals surface area contributed by atoms with Gasteiger partial charge >= 0.3 is 0 Å². The predicted octanol–water partition coefficient (Wildman–Crippen LogP) is 6.20. The standard InChI is InChI=1S/C18H11BrClN/c19-12-9-13(20)11-14(10-12)21-17-7-3-1-5-15(17)16-6-2-4-8-18(16)21/h1-11H. The zero-order chi connectivity index (χ0) is 14.4. The van der Waals surface area contributed by atoms with Crippen LogP contribution in [0.5, 0.6) is 0 Å². The minimum absolute atomic E-state index is 0.723. The fourth-order valence-electron chi connectivity index (χ4n) is 2.87. The SMILES string of the molecule is Clc1cc(Br)cc(-n2c3ccccc3c3ccccc32)c1. The zero-order valence-electron chi connectivity index (χ0n) is 11.1. The number of hydrogen-bond donors (Lipinski definition) is 0. The van der Waals surface area contributed by atoms with Crippen LogP contribution in [0.1, 0.15) is 0 Å². The number of halogens is 2. The quantitative estimate of drug-likeness (QED) is 0.382. The summed E-state index contributed by atoms with van der Waals surface area (Å²) in [6.45, 7) is 0. The van der Waals surface area contributed by atoms with Crippen molar-refractivity contribution in [1.82, 2.24) is 4.57 Å². The van der Waals surface area contributed by atoms with Crippen molar-refractivity contribution >= 4 is 49.3 Å². The van der Waals surface area contributed by atoms with Gasteiger partial charge < -0.3 is 4.57 Å². The normalized spacial score (nSPS) is 11.3. The van der Waals surface area contributed by atoms with Crippen molar-refractivity contribution in [2.45, 2.75) is 0 Å². The van der Waals surface area contributed by atoms with Crippen LogP contribution in [-0.4, -0.2) is 4.57 Å². The Kier molecular flexibility index (Phi) is 3.02. The predicted molar refractivity (Wildman–Crippen MR) is 93.5 cm³/mol. The highest BCUT2D eigenvalue weighted by Gasteiger charge is 2.11. The molecule has 1 nitrogen and oxygen atoms in total. The molecule has 21 heavy (non-hydrogen) atoms. The van der Waals surface area contributed by atoms with Crippen molar-refractivity contribution < 1.29 is 0 Å². The van der Waals surface area contributed by atoms with Crippen molar-refractivity contribution in [3.05, 3.63) is 76.2 Å². The van der Waals surface area contributed by atoms with Crippen LogP contribution in [0.25, 0.3) is 27.5 Å². The van der Waals surface area contributed by atoms with Gasteiger partial charge in [0.15, 0.2) is 0 Å². The number of fused-ring (bicyclic) bond motifs is 3. The lowest BCUT2D eigenvalue weighted by molar-refractivity contribution is 1.18. The minimum Gasteiger partial charge on any atom is -0.309 e. The van der Waals surface area contributed by atoms with Crippen molar-refractivity contribution in [2.75, 3.05) is 0 Å². The van der Waals surface area contributed by atoms with Crippen LogP contribution in [0.15, 0.2) is 71.2 Å². The van der Waals surface area contributed by atoms with E-state index < -0.39 is 0 Å². The summed E-state index contributed by atoms with van der Waals surface area (Å²) in [4.78, 5) is 0. The fraction of sp³-hybridized carbons (Fsp3) is 0. The second kappa shape index (κ2) is 4.90. The summed E-state index contributed by atoms with van der Waals surface area (Å²) in [5.41, 5.74) is 3.44. The summed E-state index contributed by atoms with van der Waals surface area (Å²) in [7, 11) is 0. The van der Waals surface area contributed by atoms with E-state index in [1.54, 1.807) is 0 Å². The van der Waals surface area contributed by atoms with E-state index in [2.05, 4.69) is 75.1 Å². The van der Waals surface area contributed by atoms with Gasteiger partial charge in [-0.1, -0.05) is 63.9 Å². The van der Waals surface area contributed by atoms with E-state index in [0.717, 1.165) is 15.2 Å². The Hall–Kier alpha value is -1.77. The molecule has 0 unspecified atom stereocenters. The Bertz CT molecular complexity index is 898. The monoisotopic (exact) mass is 355 g/mol. The number of nitrogens with zero attached hydrogens (tertiary/aromatic N) is 1. The first kappa shape index (κ1) is 12.9. The lowest BCUT2D eigenvalue weighted by Gasteiger charge is -2.09. The average molecular weight is 357 g/mol. The summed E-state index contributed by atoms with van der Waals surface area (Å²) in [6.07, 6.45) is 0. The number of aromatic nitrogens is 1. The molecule has 0 aliphatic carbocycles. The van der Waals surface area contributed by atoms with Crippen LogP contribution in [0.4, 0.5) is 0 Å². The molecule has 102 valence electrons. The van der Waals surface area contributed by atoms with E-state index in [1.807, 2.05) is 12.1 Å². The molecule has 3 heteroatoms. The first-order valence-electron chi connectivity index (χ1n) is 6.69. The van der Waals surface area contributed by atoms with Gasteiger partial charge in [-0.2, -0.15) is 0 Å². The third kappa shape index (κ3) is 2.06. The molecule has 1 aromatic heterocycles. The average Bonchev–Trinajstić information content (AvgIpc) is 2.81. The second-order valence-corrected chi connectivity index (χ2v) is 6.35. The molecular formula is C18H11BrClN. The molecule has 0 atom stereocenters. The van der Waals surface area contributed by atoms with E-state index in [1.165, 1.54) is 21.8 Å². The van der Waals surface area contributed by atoms with Crippen LogP contribution in [0.3, 0.4) is 0 Å². The molecule has 0 aliphatic rings. The van der Waals surface area contributed by atoms with Crippen LogP contribution in [0, 0.1) is 0 Å². The Labute approximate surface area is 135 Å². The van der Waals surface area contributed by atoms with E-state index in [-0.39, 0.29) is 0 Å². The van der Waals surface area contributed by atoms with Crippen molar-refractivity contribution in [1.29, 1.82) is 0 Å². The Morgan fingerprint density at radius 3 is 1.90 bits per heavy atom. The van der Waals surface area contributed by atoms with E-state index >= 15 is 0 Å². The van der Waals surface area contributed by atoms with Gasteiger partial charge in [0, 0.05) is 26.0 Å². The molecule has 4 aromatic rings. The largest absolute Gasteiger partial charge is 0.309 e. The van der Waals surface area contributed by atoms with Crippen LogP contribution in [0.2, 0.25) is 5.02 Å². The van der Waals surface area contributed by atoms with Gasteiger partial charge in [0.2, 0.25) is 0 Å². The lowest BCUT2D eigenvalue weighted by Crippen LogP contribution is -1.93. The molecule has 0 fully saturated rings. The van der Waals surface area contributed by atoms with Crippen molar-refractivity contribution in [2.24, 2.45) is 0 Å². The highest BCUT2D eigenvalue weighted by atomic mass is 79.9. The van der Waals surface area contributed by atoms with Crippen molar-refractivity contribution in [3.8, 4) is 5.69 Å². The molecule has 4 rings (SSSR count). The van der Waals surface area contributed by atoms with Gasteiger partial charge in [0.25, 0.3) is 0 Å². The highest BCUT2D eigenvalue weighted by molar-refractivity contribution is 9.10. The lowest BCUT2D eigenvalue weighted by atomic mass is 10.2. The molecular weight excluding hydrogens is 346 g/mol. The first-order valence-corrected chi connectivity index (χ1v) is 7.86. The minimum atomic E-state index is 0.723. The van der Waals surface area contributed by atoms with Crippen LogP contribution >= 0.6 is 27.5 Å². The Morgan fingerprint density at radius 2 is 1.33 bits per heavy atom. The van der Waals surface area contributed by atoms with Gasteiger partial charge in [-0.25, -0.2) is 0 Å². The second-order valence-electron chi connectivity index (χ2n) is 5.00. The number of benzene rings is 3. The number of hydrogen-bond acceptors (Lipinski definition) is 0. The van der Waals surface area contributed by atoms with Gasteiger partial charge in [-0.3, -0.25) is 0 Å². The molecule has 1 heterocycles. The van der Waals surface area contributed by atoms with Gasteiger partial charge in [0.05, 0.1) is 11.0 Å². The molecule has 0 aliphatic heterocycles. The molecule has 0 spiro atoms. The highest BCUT2D eigenvalue weighted by Crippen LogP contribution is 2.33. The molecule has 0 N–H and O–H groups in total. The zero-order valence-corrected chi connectivity index (χ0v) is 13.4. The molecule has 0 amide bonds. The molecule has 0 saturated heterocycles. The smallest absolute Gasteiger partial charge is 0.0541 e. The van der Waals surface area contributed by atoms with Crippen LogP contribution in [-0.2, 0) is 0 Å². The molecule has 0 bridgehead atoms. The number of rotatable bonds is 1. The maximum absolute atomic E-state index is 6.23. The van der Waals surface area contributed by atoms with E-state index in [9.17, 15) is 0 Å². The third-order valence-electron chi connectivity index (χ3n) is 3.69. The van der Waals surface area contributed by atoms with Gasteiger partial charge in [-0.05, 0) is 30.3 Å². The Balaban J connectivity index is 2.20. The summed E-state index contributed by atoms with van der Waals surface area (Å²) in [5.74, 6) is 0. The Morgan fingerprint density at radius 1 is 0.762 bits per heavy atom. The van der Waals surface area contributed by atoms with Crippen molar-refractivity contribution in [3.63, 3.8) is 0 Å². The van der Waals surface area contributed by atoms with Gasteiger partial charge in [0.1, 0.15) is 0 Å². The summed E-state index contributed by atoms with van der Waals surface area (Å²) < 4.78 is 3.23. The number of para-hydroxylation sites is 2. The molecule has 0 saturated carbocycles. The molecule has 0 radical (unpaired) electrons.